The molecule has 1 aromatic carbocycles. The lowest BCUT2D eigenvalue weighted by atomic mass is 10.1. The largest absolute Gasteiger partial charge is 0.467 e. The standard InChI is InChI=1S/C13H17N3O4/c1-20-13(19)12(9-5-3-2-4-6-9)16-11(18)8-15-10(17)7-14/h2-6,12H,7-8,14H2,1H3,(H,15,17)(H,16,18). The van der Waals surface area contributed by atoms with Gasteiger partial charge in [-0.3, -0.25) is 9.59 Å². The van der Waals surface area contributed by atoms with E-state index in [9.17, 15) is 14.4 Å². The fourth-order valence-corrected chi connectivity index (χ4v) is 1.50. The van der Waals surface area contributed by atoms with Crippen molar-refractivity contribution in [3.63, 3.8) is 0 Å². The van der Waals surface area contributed by atoms with Crippen LogP contribution in [0.15, 0.2) is 30.3 Å². The molecule has 7 nitrogen and oxygen atoms in total. The predicted octanol–water partition coefficient (Wildman–Crippen LogP) is -0.908. The van der Waals surface area contributed by atoms with E-state index in [2.05, 4.69) is 15.4 Å². The van der Waals surface area contributed by atoms with Gasteiger partial charge in [0.1, 0.15) is 0 Å². The van der Waals surface area contributed by atoms with Crippen LogP contribution >= 0.6 is 0 Å². The first-order valence-corrected chi connectivity index (χ1v) is 5.97. The Hall–Kier alpha value is -2.41. The average Bonchev–Trinajstić information content (AvgIpc) is 2.50. The zero-order valence-corrected chi connectivity index (χ0v) is 11.1. The van der Waals surface area contributed by atoms with Crippen LogP contribution in [0.1, 0.15) is 11.6 Å². The first-order chi connectivity index (χ1) is 9.58. The van der Waals surface area contributed by atoms with E-state index in [0.717, 1.165) is 0 Å². The van der Waals surface area contributed by atoms with Gasteiger partial charge in [0.25, 0.3) is 0 Å². The Bertz CT molecular complexity index is 476. The fourth-order valence-electron chi connectivity index (χ4n) is 1.50. The minimum Gasteiger partial charge on any atom is -0.467 e. The molecule has 0 aromatic heterocycles. The molecule has 1 rings (SSSR count). The highest BCUT2D eigenvalue weighted by Crippen LogP contribution is 2.13. The van der Waals surface area contributed by atoms with Crippen molar-refractivity contribution in [2.75, 3.05) is 20.2 Å². The van der Waals surface area contributed by atoms with Gasteiger partial charge in [-0.1, -0.05) is 30.3 Å². The Morgan fingerprint density at radius 1 is 1.20 bits per heavy atom. The number of methoxy groups -OCH3 is 1. The van der Waals surface area contributed by atoms with Gasteiger partial charge >= 0.3 is 5.97 Å². The number of carbonyl (C=O) groups is 3. The molecule has 1 atom stereocenters. The molecule has 0 saturated heterocycles. The topological polar surface area (TPSA) is 111 Å². The van der Waals surface area contributed by atoms with E-state index in [1.807, 2.05) is 0 Å². The van der Waals surface area contributed by atoms with Crippen molar-refractivity contribution in [1.29, 1.82) is 0 Å². The number of hydrogen-bond acceptors (Lipinski definition) is 5. The Kier molecular flexibility index (Phi) is 6.18. The highest BCUT2D eigenvalue weighted by molar-refractivity contribution is 5.89. The normalized spacial score (nSPS) is 11.3. The van der Waals surface area contributed by atoms with Crippen molar-refractivity contribution in [3.8, 4) is 0 Å². The molecule has 0 radical (unpaired) electrons. The third kappa shape index (κ3) is 4.69. The number of hydrogen-bond donors (Lipinski definition) is 3. The van der Waals surface area contributed by atoms with Crippen molar-refractivity contribution >= 4 is 17.8 Å². The summed E-state index contributed by atoms with van der Waals surface area (Å²) in [6, 6.07) is 7.76. The van der Waals surface area contributed by atoms with Crippen LogP contribution in [0.25, 0.3) is 0 Å². The molecule has 0 fully saturated rings. The van der Waals surface area contributed by atoms with E-state index >= 15 is 0 Å². The maximum Gasteiger partial charge on any atom is 0.333 e. The van der Waals surface area contributed by atoms with Gasteiger partial charge in [-0.15, -0.1) is 0 Å². The number of nitrogens with one attached hydrogen (secondary N) is 2. The van der Waals surface area contributed by atoms with E-state index in [1.54, 1.807) is 30.3 Å². The van der Waals surface area contributed by atoms with Crippen LogP contribution < -0.4 is 16.4 Å². The quantitative estimate of drug-likeness (QED) is 0.584. The van der Waals surface area contributed by atoms with Crippen LogP contribution in [0.2, 0.25) is 0 Å². The number of benzene rings is 1. The molecule has 0 aliphatic carbocycles. The summed E-state index contributed by atoms with van der Waals surface area (Å²) >= 11 is 0. The molecule has 20 heavy (non-hydrogen) atoms. The van der Waals surface area contributed by atoms with E-state index in [1.165, 1.54) is 7.11 Å². The summed E-state index contributed by atoms with van der Waals surface area (Å²) in [6.45, 7) is -0.456. The molecule has 0 saturated carbocycles. The summed E-state index contributed by atoms with van der Waals surface area (Å²) in [5.41, 5.74) is 5.70. The molecular formula is C13H17N3O4. The second-order valence-corrected chi connectivity index (χ2v) is 3.92. The average molecular weight is 279 g/mol. The summed E-state index contributed by atoms with van der Waals surface area (Å²) in [4.78, 5) is 34.3. The summed E-state index contributed by atoms with van der Waals surface area (Å²) in [7, 11) is 1.24. The second kappa shape index (κ2) is 7.90. The highest BCUT2D eigenvalue weighted by Gasteiger charge is 2.23. The zero-order valence-electron chi connectivity index (χ0n) is 11.1. The predicted molar refractivity (Wildman–Crippen MR) is 71.4 cm³/mol. The summed E-state index contributed by atoms with van der Waals surface area (Å²) in [6.07, 6.45) is 0. The Balaban J connectivity index is 2.69. The van der Waals surface area contributed by atoms with E-state index < -0.39 is 23.8 Å². The van der Waals surface area contributed by atoms with Gasteiger partial charge in [-0.25, -0.2) is 4.79 Å². The Morgan fingerprint density at radius 3 is 2.40 bits per heavy atom. The molecule has 1 unspecified atom stereocenters. The Labute approximate surface area is 116 Å². The van der Waals surface area contributed by atoms with Gasteiger partial charge in [0.2, 0.25) is 11.8 Å². The number of ether oxygens (including phenoxy) is 1. The maximum absolute atomic E-state index is 11.7. The van der Waals surface area contributed by atoms with E-state index in [4.69, 9.17) is 5.73 Å². The summed E-state index contributed by atoms with van der Waals surface area (Å²) in [5, 5.41) is 4.81. The summed E-state index contributed by atoms with van der Waals surface area (Å²) < 4.78 is 4.65. The number of esters is 1. The second-order valence-electron chi connectivity index (χ2n) is 3.92. The van der Waals surface area contributed by atoms with Crippen LogP contribution in [0.3, 0.4) is 0 Å². The van der Waals surface area contributed by atoms with Gasteiger partial charge in [-0.2, -0.15) is 0 Å². The van der Waals surface area contributed by atoms with Crippen molar-refractivity contribution in [3.05, 3.63) is 35.9 Å². The molecule has 0 spiro atoms. The van der Waals surface area contributed by atoms with Gasteiger partial charge in [0, 0.05) is 0 Å². The maximum atomic E-state index is 11.7. The van der Waals surface area contributed by atoms with Crippen LogP contribution in [0, 0.1) is 0 Å². The van der Waals surface area contributed by atoms with Crippen molar-refractivity contribution in [1.82, 2.24) is 10.6 Å². The molecule has 7 heteroatoms. The third-order valence-electron chi connectivity index (χ3n) is 2.51. The lowest BCUT2D eigenvalue weighted by Crippen LogP contribution is -2.42. The summed E-state index contributed by atoms with van der Waals surface area (Å²) in [5.74, 6) is -1.55. The molecule has 0 aliphatic rings. The molecule has 4 N–H and O–H groups in total. The van der Waals surface area contributed by atoms with Crippen molar-refractivity contribution in [2.45, 2.75) is 6.04 Å². The lowest BCUT2D eigenvalue weighted by molar-refractivity contribution is -0.145. The lowest BCUT2D eigenvalue weighted by Gasteiger charge is -2.17. The van der Waals surface area contributed by atoms with E-state index in [0.29, 0.717) is 5.56 Å². The molecule has 2 amide bonds. The molecule has 0 aliphatic heterocycles. The van der Waals surface area contributed by atoms with Crippen molar-refractivity contribution in [2.24, 2.45) is 5.73 Å². The van der Waals surface area contributed by atoms with Gasteiger partial charge in [-0.05, 0) is 5.56 Å². The van der Waals surface area contributed by atoms with Crippen LogP contribution in [0.4, 0.5) is 0 Å². The smallest absolute Gasteiger partial charge is 0.333 e. The first-order valence-electron chi connectivity index (χ1n) is 5.97. The SMILES string of the molecule is COC(=O)C(NC(=O)CNC(=O)CN)c1ccccc1. The Morgan fingerprint density at radius 2 is 1.85 bits per heavy atom. The monoisotopic (exact) mass is 279 g/mol. The van der Waals surface area contributed by atoms with Crippen LogP contribution in [-0.4, -0.2) is 38.0 Å². The minimum absolute atomic E-state index is 0.202. The van der Waals surface area contributed by atoms with E-state index in [-0.39, 0.29) is 13.1 Å². The van der Waals surface area contributed by atoms with Crippen molar-refractivity contribution < 1.29 is 19.1 Å². The first kappa shape index (κ1) is 15.6. The minimum atomic E-state index is -0.913. The number of carbonyl (C=O) groups excluding carboxylic acids is 3. The zero-order chi connectivity index (χ0) is 15.0. The number of nitrogens with two attached hydrogens (primary N) is 1. The van der Waals surface area contributed by atoms with Crippen LogP contribution in [0.5, 0.6) is 0 Å². The highest BCUT2D eigenvalue weighted by atomic mass is 16.5. The fraction of sp³-hybridized carbons (Fsp3) is 0.308. The third-order valence-corrected chi connectivity index (χ3v) is 2.51. The number of rotatable bonds is 6. The van der Waals surface area contributed by atoms with Gasteiger partial charge < -0.3 is 21.1 Å². The number of amides is 2. The molecule has 0 heterocycles. The van der Waals surface area contributed by atoms with Gasteiger partial charge in [0.15, 0.2) is 6.04 Å². The molecule has 1 aromatic rings. The molecule has 0 bridgehead atoms. The van der Waals surface area contributed by atoms with Crippen LogP contribution in [-0.2, 0) is 19.1 Å². The molecular weight excluding hydrogens is 262 g/mol. The molecule has 108 valence electrons. The van der Waals surface area contributed by atoms with Gasteiger partial charge in [0.05, 0.1) is 20.2 Å².